The van der Waals surface area contributed by atoms with E-state index in [0.29, 0.717) is 0 Å². The Morgan fingerprint density at radius 1 is 1.53 bits per heavy atom. The molecular weight excluding hydrogens is 316 g/mol. The highest BCUT2D eigenvalue weighted by Gasteiger charge is 2.25. The first-order chi connectivity index (χ1) is 6.73. The molecule has 1 rings (SSSR count). The largest absolute Gasteiger partial charge is 0.267 e. The summed E-state index contributed by atoms with van der Waals surface area (Å²) in [5, 5.41) is 0. The number of hydrogen-bond acceptors (Lipinski definition) is 3. The highest BCUT2D eigenvalue weighted by atomic mass is 79.9. The molecule has 0 bridgehead atoms. The van der Waals surface area contributed by atoms with Crippen LogP contribution in [0.4, 0.5) is 8.78 Å². The fourth-order valence-corrected chi connectivity index (χ4v) is 2.96. The second-order valence-corrected chi connectivity index (χ2v) is 5.99. The molecule has 0 amide bonds. The molecule has 1 heterocycles. The summed E-state index contributed by atoms with van der Waals surface area (Å²) in [5.41, 5.74) is -0.430. The Balaban J connectivity index is 3.62. The molecule has 0 unspecified atom stereocenters. The molecule has 1 aromatic rings. The molecule has 0 spiro atoms. The molecule has 0 fully saturated rings. The van der Waals surface area contributed by atoms with Crippen molar-refractivity contribution in [2.24, 2.45) is 0 Å². The molecule has 0 N–H and O–H groups in total. The minimum Gasteiger partial charge on any atom is -0.246 e. The summed E-state index contributed by atoms with van der Waals surface area (Å²) in [4.78, 5) is 3.07. The fourth-order valence-electron chi connectivity index (χ4n) is 1.02. The van der Waals surface area contributed by atoms with Gasteiger partial charge in [-0.3, -0.25) is 0 Å². The van der Waals surface area contributed by atoms with Gasteiger partial charge in [0.2, 0.25) is 0 Å². The average molecular weight is 321 g/mol. The van der Waals surface area contributed by atoms with Crippen molar-refractivity contribution in [1.82, 2.24) is 4.98 Å². The topological polar surface area (TPSA) is 47.0 Å². The highest BCUT2D eigenvalue weighted by molar-refractivity contribution is 9.10. The van der Waals surface area contributed by atoms with Crippen LogP contribution in [-0.2, 0) is 9.05 Å². The molecule has 8 heteroatoms. The molecule has 0 aliphatic heterocycles. The summed E-state index contributed by atoms with van der Waals surface area (Å²) in [6.45, 7) is 1.48. The fraction of sp³-hybridized carbons (Fsp3) is 0.286. The van der Waals surface area contributed by atoms with Gasteiger partial charge < -0.3 is 0 Å². The van der Waals surface area contributed by atoms with E-state index in [1.165, 1.54) is 6.92 Å². The van der Waals surface area contributed by atoms with Gasteiger partial charge in [-0.15, -0.1) is 0 Å². The van der Waals surface area contributed by atoms with Crippen molar-refractivity contribution in [2.75, 3.05) is 0 Å². The lowest BCUT2D eigenvalue weighted by molar-refractivity contribution is 0.146. The molecular formula is C7H5BrClF2NO2S. The van der Waals surface area contributed by atoms with Gasteiger partial charge in [0.25, 0.3) is 15.5 Å². The van der Waals surface area contributed by atoms with E-state index in [4.69, 9.17) is 10.7 Å². The molecule has 0 aliphatic carbocycles. The minimum absolute atomic E-state index is 0.211. The summed E-state index contributed by atoms with van der Waals surface area (Å²) in [6, 6.07) is 1.01. The summed E-state index contributed by atoms with van der Waals surface area (Å²) in [7, 11) is 0.841. The number of halogens is 4. The third-order valence-electron chi connectivity index (χ3n) is 1.58. The van der Waals surface area contributed by atoms with E-state index in [0.717, 1.165) is 6.07 Å². The van der Waals surface area contributed by atoms with Crippen molar-refractivity contribution >= 4 is 35.7 Å². The monoisotopic (exact) mass is 319 g/mol. The second kappa shape index (κ2) is 4.31. The average Bonchev–Trinajstić information content (AvgIpc) is 1.99. The molecule has 1 aromatic heterocycles. The van der Waals surface area contributed by atoms with E-state index in [9.17, 15) is 17.2 Å². The normalized spacial score (nSPS) is 12.1. The van der Waals surface area contributed by atoms with Gasteiger partial charge in [-0.05, 0) is 28.9 Å². The number of aromatic nitrogens is 1. The van der Waals surface area contributed by atoms with Gasteiger partial charge in [-0.1, -0.05) is 0 Å². The van der Waals surface area contributed by atoms with Crippen molar-refractivity contribution in [3.63, 3.8) is 0 Å². The van der Waals surface area contributed by atoms with E-state index >= 15 is 0 Å². The Labute approximate surface area is 98.0 Å². The van der Waals surface area contributed by atoms with Crippen LogP contribution in [0.25, 0.3) is 0 Å². The lowest BCUT2D eigenvalue weighted by Gasteiger charge is -2.08. The maximum atomic E-state index is 12.6. The van der Waals surface area contributed by atoms with Gasteiger partial charge >= 0.3 is 0 Å². The Morgan fingerprint density at radius 3 is 2.47 bits per heavy atom. The van der Waals surface area contributed by atoms with Gasteiger partial charge in [-0.2, -0.15) is 0 Å². The molecule has 3 nitrogen and oxygen atoms in total. The van der Waals surface area contributed by atoms with E-state index in [2.05, 4.69) is 20.9 Å². The van der Waals surface area contributed by atoms with Crippen molar-refractivity contribution in [3.8, 4) is 0 Å². The predicted octanol–water partition coefficient (Wildman–Crippen LogP) is 3.02. The zero-order valence-corrected chi connectivity index (χ0v) is 10.5. The van der Waals surface area contributed by atoms with Crippen molar-refractivity contribution in [3.05, 3.63) is 21.9 Å². The van der Waals surface area contributed by atoms with Crippen LogP contribution in [0.2, 0.25) is 0 Å². The van der Waals surface area contributed by atoms with E-state index in [-0.39, 0.29) is 10.3 Å². The lowest BCUT2D eigenvalue weighted by atomic mass is 10.2. The molecule has 0 saturated heterocycles. The van der Waals surface area contributed by atoms with Crippen LogP contribution in [0.5, 0.6) is 0 Å². The standard InChI is InChI=1S/C7H5BrClF2NO2S/c1-3-2-4(15(9,13)14)5(7(10)11)6(8)12-3/h2,7H,1H3. The van der Waals surface area contributed by atoms with E-state index < -0.39 is 25.9 Å². The molecule has 0 aliphatic rings. The summed E-state index contributed by atoms with van der Waals surface area (Å²) >= 11 is 2.78. The van der Waals surface area contributed by atoms with E-state index in [1.54, 1.807) is 0 Å². The maximum Gasteiger partial charge on any atom is 0.267 e. The third-order valence-corrected chi connectivity index (χ3v) is 3.55. The number of hydrogen-bond donors (Lipinski definition) is 0. The molecule has 0 radical (unpaired) electrons. The van der Waals surface area contributed by atoms with Crippen molar-refractivity contribution in [2.45, 2.75) is 18.2 Å². The van der Waals surface area contributed by atoms with Crippen LogP contribution in [0.3, 0.4) is 0 Å². The van der Waals surface area contributed by atoms with Crippen LogP contribution in [-0.4, -0.2) is 13.4 Å². The quantitative estimate of drug-likeness (QED) is 0.621. The van der Waals surface area contributed by atoms with Crippen molar-refractivity contribution < 1.29 is 17.2 Å². The van der Waals surface area contributed by atoms with Crippen LogP contribution in [0.15, 0.2) is 15.6 Å². The molecule has 0 aromatic carbocycles. The molecule has 84 valence electrons. The third kappa shape index (κ3) is 2.85. The van der Waals surface area contributed by atoms with Crippen LogP contribution in [0.1, 0.15) is 17.7 Å². The summed E-state index contributed by atoms with van der Waals surface area (Å²) < 4.78 is 47.0. The number of nitrogens with zero attached hydrogens (tertiary/aromatic N) is 1. The lowest BCUT2D eigenvalue weighted by Crippen LogP contribution is -2.03. The number of rotatable bonds is 2. The zero-order valence-electron chi connectivity index (χ0n) is 7.34. The van der Waals surface area contributed by atoms with Crippen molar-refractivity contribution in [1.29, 1.82) is 0 Å². The second-order valence-electron chi connectivity index (χ2n) is 2.70. The Morgan fingerprint density at radius 2 is 2.07 bits per heavy atom. The van der Waals surface area contributed by atoms with Gasteiger partial charge in [0, 0.05) is 16.4 Å². The number of pyridine rings is 1. The first kappa shape index (κ1) is 12.8. The first-order valence-electron chi connectivity index (χ1n) is 3.63. The summed E-state index contributed by atoms with van der Waals surface area (Å²) in [6.07, 6.45) is -2.96. The van der Waals surface area contributed by atoms with Gasteiger partial charge in [-0.25, -0.2) is 22.2 Å². The summed E-state index contributed by atoms with van der Waals surface area (Å²) in [5.74, 6) is 0. The molecule has 0 saturated carbocycles. The first-order valence-corrected chi connectivity index (χ1v) is 6.73. The van der Waals surface area contributed by atoms with Crippen LogP contribution in [0, 0.1) is 6.92 Å². The van der Waals surface area contributed by atoms with Gasteiger partial charge in [0.1, 0.15) is 4.60 Å². The molecule has 0 atom stereocenters. The smallest absolute Gasteiger partial charge is 0.246 e. The number of aryl methyl sites for hydroxylation is 1. The SMILES string of the molecule is Cc1cc(S(=O)(=O)Cl)c(C(F)F)c(Br)n1. The Kier molecular flexibility index (Phi) is 3.67. The number of alkyl halides is 2. The predicted molar refractivity (Wildman–Crippen MR) is 54.7 cm³/mol. The van der Waals surface area contributed by atoms with Gasteiger partial charge in [0.05, 0.1) is 10.5 Å². The van der Waals surface area contributed by atoms with Crippen LogP contribution >= 0.6 is 26.6 Å². The Bertz CT molecular complexity index is 492. The highest BCUT2D eigenvalue weighted by Crippen LogP contribution is 2.33. The van der Waals surface area contributed by atoms with Crippen LogP contribution < -0.4 is 0 Å². The zero-order chi connectivity index (χ0) is 11.8. The Hall–Kier alpha value is -0.270. The maximum absolute atomic E-state index is 12.6. The van der Waals surface area contributed by atoms with E-state index in [1.807, 2.05) is 0 Å². The van der Waals surface area contributed by atoms with Gasteiger partial charge in [0.15, 0.2) is 0 Å². The molecule has 15 heavy (non-hydrogen) atoms. The minimum atomic E-state index is -4.20.